The summed E-state index contributed by atoms with van der Waals surface area (Å²) in [4.78, 5) is 17.5. The molecular formula is C10H13N6O6S-. The Morgan fingerprint density at radius 1 is 1.61 bits per heavy atom. The van der Waals surface area contributed by atoms with E-state index in [0.29, 0.717) is 16.3 Å². The zero-order valence-electron chi connectivity index (χ0n) is 12.1. The van der Waals surface area contributed by atoms with E-state index in [1.165, 1.54) is 22.8 Å². The smallest absolute Gasteiger partial charge is 0.346 e. The van der Waals surface area contributed by atoms with Crippen molar-refractivity contribution >= 4 is 22.3 Å². The number of amidine groups is 1. The monoisotopic (exact) mass is 345 g/mol. The van der Waals surface area contributed by atoms with Crippen LogP contribution in [0.4, 0.5) is 4.79 Å². The summed E-state index contributed by atoms with van der Waals surface area (Å²) in [7, 11) is -2.08. The first-order valence-electron chi connectivity index (χ1n) is 6.42. The van der Waals surface area contributed by atoms with Gasteiger partial charge in [-0.15, -0.1) is 0 Å². The van der Waals surface area contributed by atoms with Gasteiger partial charge in [0, 0.05) is 19.7 Å². The third-order valence-corrected chi connectivity index (χ3v) is 4.16. The number of carbonyl (C=O) groups is 1. The number of hydrogen-bond acceptors (Lipinski definition) is 8. The van der Waals surface area contributed by atoms with Crippen molar-refractivity contribution in [3.8, 4) is 0 Å². The topological polar surface area (TPSA) is 152 Å². The molecule has 2 amide bonds. The van der Waals surface area contributed by atoms with E-state index in [1.54, 1.807) is 7.05 Å². The maximum Gasteiger partial charge on any atom is 0.346 e. The van der Waals surface area contributed by atoms with Gasteiger partial charge in [0.05, 0.1) is 18.4 Å². The molecule has 0 aromatic carbocycles. The number of aliphatic imine (C=N–C) groups is 1. The molecule has 126 valence electrons. The predicted molar refractivity (Wildman–Crippen MR) is 71.7 cm³/mol. The fourth-order valence-electron chi connectivity index (χ4n) is 2.93. The van der Waals surface area contributed by atoms with Crippen LogP contribution in [0, 0.1) is 0 Å². The standard InChI is InChI=1S/C10H14N6O6S/c1-11-9(13-18)8-7-5(3-12-14(7)2)6-4-15(8)10(17)16(6)22-23(19,20)21/h3,6,8,18H,4H2,1-2H3,(H,11,13)(H,19,20,21)/p-1/t6-,8-/m0/s1. The van der Waals surface area contributed by atoms with Gasteiger partial charge in [-0.2, -0.15) is 14.4 Å². The molecule has 2 aliphatic heterocycles. The first-order chi connectivity index (χ1) is 10.8. The maximum absolute atomic E-state index is 12.4. The molecule has 2 aliphatic rings. The van der Waals surface area contributed by atoms with Crippen LogP contribution in [0.5, 0.6) is 0 Å². The second-order valence-electron chi connectivity index (χ2n) is 4.99. The van der Waals surface area contributed by atoms with Crippen molar-refractivity contribution in [1.29, 1.82) is 0 Å². The second kappa shape index (κ2) is 5.16. The molecule has 1 fully saturated rings. The van der Waals surface area contributed by atoms with Gasteiger partial charge in [0.25, 0.3) is 0 Å². The largest absolute Gasteiger partial charge is 0.724 e. The zero-order valence-corrected chi connectivity index (χ0v) is 12.9. The summed E-state index contributed by atoms with van der Waals surface area (Å²) >= 11 is 0. The van der Waals surface area contributed by atoms with Crippen molar-refractivity contribution in [2.45, 2.75) is 12.1 Å². The van der Waals surface area contributed by atoms with Crippen molar-refractivity contribution in [3.63, 3.8) is 0 Å². The minimum absolute atomic E-state index is 0.0540. The van der Waals surface area contributed by atoms with Crippen LogP contribution in [0.25, 0.3) is 0 Å². The van der Waals surface area contributed by atoms with Gasteiger partial charge in [0.2, 0.25) is 10.4 Å². The maximum atomic E-state index is 12.4. The van der Waals surface area contributed by atoms with Crippen molar-refractivity contribution in [2.75, 3.05) is 13.6 Å². The lowest BCUT2D eigenvalue weighted by Gasteiger charge is -2.31. The van der Waals surface area contributed by atoms with Gasteiger partial charge in [-0.05, 0) is 0 Å². The number of nitrogens with one attached hydrogen (secondary N) is 1. The molecule has 1 aromatic rings. The number of urea groups is 1. The van der Waals surface area contributed by atoms with E-state index in [-0.39, 0.29) is 12.4 Å². The quantitative estimate of drug-likeness (QED) is 0.224. The first-order valence-corrected chi connectivity index (χ1v) is 7.75. The number of hydroxylamine groups is 3. The second-order valence-corrected chi connectivity index (χ2v) is 5.96. The average Bonchev–Trinajstić information content (AvgIpc) is 2.97. The molecule has 12 nitrogen and oxygen atoms in total. The van der Waals surface area contributed by atoms with Crippen LogP contribution in [0.1, 0.15) is 23.3 Å². The molecule has 2 atom stereocenters. The highest BCUT2D eigenvalue weighted by atomic mass is 32.3. The Balaban J connectivity index is 2.13. The molecule has 0 aliphatic carbocycles. The summed E-state index contributed by atoms with van der Waals surface area (Å²) in [6.07, 6.45) is 1.45. The molecule has 0 radical (unpaired) electrons. The highest BCUT2D eigenvalue weighted by Crippen LogP contribution is 2.44. The van der Waals surface area contributed by atoms with Crippen molar-refractivity contribution in [2.24, 2.45) is 12.0 Å². The molecule has 0 unspecified atom stereocenters. The number of fused-ring (bicyclic) bond motifs is 4. The van der Waals surface area contributed by atoms with Crippen LogP contribution in [0.3, 0.4) is 0 Å². The number of rotatable bonds is 3. The number of hydrogen-bond donors (Lipinski definition) is 2. The third-order valence-electron chi connectivity index (χ3n) is 3.82. The Hall–Kier alpha value is -2.22. The van der Waals surface area contributed by atoms with E-state index in [9.17, 15) is 23.0 Å². The van der Waals surface area contributed by atoms with Crippen molar-refractivity contribution in [3.05, 3.63) is 17.5 Å². The molecule has 0 spiro atoms. The number of aryl methyl sites for hydroxylation is 1. The predicted octanol–water partition coefficient (Wildman–Crippen LogP) is -1.35. The number of amides is 2. The first kappa shape index (κ1) is 15.7. The Morgan fingerprint density at radius 3 is 2.87 bits per heavy atom. The van der Waals surface area contributed by atoms with E-state index in [0.717, 1.165) is 0 Å². The summed E-state index contributed by atoms with van der Waals surface area (Å²) in [5.74, 6) is 0.0634. The van der Waals surface area contributed by atoms with E-state index in [2.05, 4.69) is 14.4 Å². The Kier molecular flexibility index (Phi) is 3.51. The summed E-state index contributed by atoms with van der Waals surface area (Å²) in [6.45, 7) is 0.0540. The highest BCUT2D eigenvalue weighted by molar-refractivity contribution is 7.80. The summed E-state index contributed by atoms with van der Waals surface area (Å²) in [5, 5.41) is 13.8. The lowest BCUT2D eigenvalue weighted by atomic mass is 9.97. The SMILES string of the molecule is CN=C(NO)[C@@H]1c2c(cnn2C)[C@@H]2CN1C(=O)N2OS(=O)(=O)[O-]. The molecule has 0 saturated carbocycles. The van der Waals surface area contributed by atoms with Gasteiger partial charge >= 0.3 is 6.03 Å². The lowest BCUT2D eigenvalue weighted by molar-refractivity contribution is -0.0327. The van der Waals surface area contributed by atoms with Gasteiger partial charge in [-0.25, -0.2) is 13.2 Å². The van der Waals surface area contributed by atoms with Crippen LogP contribution in [-0.2, 0) is 21.7 Å². The molecule has 3 heterocycles. The molecule has 1 aromatic heterocycles. The van der Waals surface area contributed by atoms with Crippen LogP contribution in [-0.4, -0.2) is 63.4 Å². The van der Waals surface area contributed by atoms with E-state index in [1.807, 2.05) is 5.48 Å². The van der Waals surface area contributed by atoms with Gasteiger partial charge in [0.15, 0.2) is 0 Å². The molecule has 2 bridgehead atoms. The van der Waals surface area contributed by atoms with Gasteiger partial charge in [-0.1, -0.05) is 0 Å². The van der Waals surface area contributed by atoms with Crippen molar-refractivity contribution < 1.29 is 27.3 Å². The molecule has 23 heavy (non-hydrogen) atoms. The fourth-order valence-corrected chi connectivity index (χ4v) is 3.30. The van der Waals surface area contributed by atoms with Gasteiger partial charge in [0.1, 0.15) is 17.9 Å². The molecule has 1 saturated heterocycles. The Morgan fingerprint density at radius 2 is 2.30 bits per heavy atom. The minimum Gasteiger partial charge on any atom is -0.724 e. The minimum atomic E-state index is -5.12. The summed E-state index contributed by atoms with van der Waals surface area (Å²) < 4.78 is 38.4. The Labute approximate surface area is 130 Å². The van der Waals surface area contributed by atoms with Gasteiger partial charge < -0.3 is 9.45 Å². The zero-order chi connectivity index (χ0) is 16.9. The van der Waals surface area contributed by atoms with E-state index < -0.39 is 28.5 Å². The van der Waals surface area contributed by atoms with Crippen LogP contribution in [0.15, 0.2) is 11.2 Å². The Bertz CT molecular complexity index is 788. The summed E-state index contributed by atoms with van der Waals surface area (Å²) in [6, 6.07) is -2.45. The van der Waals surface area contributed by atoms with E-state index >= 15 is 0 Å². The van der Waals surface area contributed by atoms with E-state index in [4.69, 9.17) is 0 Å². The normalized spacial score (nSPS) is 24.2. The van der Waals surface area contributed by atoms with Crippen LogP contribution >= 0.6 is 0 Å². The average molecular weight is 345 g/mol. The number of carbonyl (C=O) groups excluding carboxylic acids is 1. The molecule has 13 heteroatoms. The number of nitrogens with zero attached hydrogens (tertiary/aromatic N) is 5. The molecule has 3 rings (SSSR count). The third kappa shape index (κ3) is 2.33. The number of aromatic nitrogens is 2. The molecular weight excluding hydrogens is 332 g/mol. The van der Waals surface area contributed by atoms with Crippen LogP contribution in [0.2, 0.25) is 0 Å². The molecule has 2 N–H and O–H groups in total. The fraction of sp³-hybridized carbons (Fsp3) is 0.500. The van der Waals surface area contributed by atoms with Crippen molar-refractivity contribution in [1.82, 2.24) is 25.2 Å². The van der Waals surface area contributed by atoms with Gasteiger partial charge in [-0.3, -0.25) is 20.4 Å². The van der Waals surface area contributed by atoms with Crippen LogP contribution < -0.4 is 5.48 Å². The summed E-state index contributed by atoms with van der Waals surface area (Å²) in [5.41, 5.74) is 2.94. The highest BCUT2D eigenvalue weighted by Gasteiger charge is 2.52. The lowest BCUT2D eigenvalue weighted by Crippen LogP contribution is -2.43.